The predicted octanol–water partition coefficient (Wildman–Crippen LogP) is 3.12. The largest absolute Gasteiger partial charge is 0.420 e. The van der Waals surface area contributed by atoms with Gasteiger partial charge in [-0.2, -0.15) is 0 Å². The Morgan fingerprint density at radius 2 is 2.10 bits per heavy atom. The van der Waals surface area contributed by atoms with E-state index in [-0.39, 0.29) is 0 Å². The number of thioether (sulfide) groups is 1. The topological polar surface area (TPSA) is 69.6 Å². The zero-order valence-electron chi connectivity index (χ0n) is 11.4. The van der Waals surface area contributed by atoms with Crippen molar-refractivity contribution in [2.24, 2.45) is 7.05 Å². The molecule has 0 aliphatic carbocycles. The van der Waals surface area contributed by atoms with Crippen molar-refractivity contribution in [2.75, 3.05) is 0 Å². The molecule has 0 saturated heterocycles. The van der Waals surface area contributed by atoms with Crippen LogP contribution in [0.5, 0.6) is 0 Å². The van der Waals surface area contributed by atoms with Gasteiger partial charge in [0.15, 0.2) is 5.16 Å². The van der Waals surface area contributed by atoms with E-state index < -0.39 is 0 Å². The minimum atomic E-state index is 0.460. The molecular weight excluding hydrogens is 310 g/mol. The van der Waals surface area contributed by atoms with Crippen molar-refractivity contribution in [2.45, 2.75) is 17.8 Å². The number of aromatic nitrogens is 5. The van der Waals surface area contributed by atoms with Crippen LogP contribution in [0.15, 0.2) is 33.8 Å². The molecule has 0 atom stereocenters. The summed E-state index contributed by atoms with van der Waals surface area (Å²) < 4.78 is 7.55. The molecule has 0 aliphatic rings. The van der Waals surface area contributed by atoms with E-state index in [0.717, 1.165) is 16.5 Å². The van der Waals surface area contributed by atoms with E-state index in [1.165, 1.54) is 11.8 Å². The Morgan fingerprint density at radius 3 is 2.81 bits per heavy atom. The van der Waals surface area contributed by atoms with E-state index in [1.807, 2.05) is 30.7 Å². The summed E-state index contributed by atoms with van der Waals surface area (Å²) in [6, 6.07) is 7.31. The van der Waals surface area contributed by atoms with Crippen LogP contribution >= 0.6 is 23.4 Å². The van der Waals surface area contributed by atoms with Crippen molar-refractivity contribution in [1.29, 1.82) is 0 Å². The number of halogens is 1. The first-order valence-corrected chi connectivity index (χ1v) is 7.57. The Morgan fingerprint density at radius 1 is 1.24 bits per heavy atom. The molecule has 6 nitrogen and oxygen atoms in total. The van der Waals surface area contributed by atoms with Gasteiger partial charge < -0.3 is 8.98 Å². The molecule has 0 bridgehead atoms. The number of hydrogen-bond donors (Lipinski definition) is 0. The zero-order chi connectivity index (χ0) is 14.8. The summed E-state index contributed by atoms with van der Waals surface area (Å²) >= 11 is 7.45. The summed E-state index contributed by atoms with van der Waals surface area (Å²) in [5, 5.41) is 17.6. The van der Waals surface area contributed by atoms with Crippen molar-refractivity contribution >= 4 is 23.4 Å². The van der Waals surface area contributed by atoms with Crippen molar-refractivity contribution < 1.29 is 4.42 Å². The van der Waals surface area contributed by atoms with Crippen LogP contribution in [0.4, 0.5) is 0 Å². The van der Waals surface area contributed by atoms with Gasteiger partial charge in [0.1, 0.15) is 5.82 Å². The van der Waals surface area contributed by atoms with E-state index in [4.69, 9.17) is 16.0 Å². The Balaban J connectivity index is 1.72. The van der Waals surface area contributed by atoms with Gasteiger partial charge in [-0.3, -0.25) is 0 Å². The van der Waals surface area contributed by atoms with Gasteiger partial charge in [-0.1, -0.05) is 29.4 Å². The summed E-state index contributed by atoms with van der Waals surface area (Å²) in [7, 11) is 1.92. The summed E-state index contributed by atoms with van der Waals surface area (Å²) in [4.78, 5) is 0. The third-order valence-electron chi connectivity index (χ3n) is 2.92. The Labute approximate surface area is 130 Å². The van der Waals surface area contributed by atoms with E-state index >= 15 is 0 Å². The number of aryl methyl sites for hydroxylation is 1. The third-order valence-corrected chi connectivity index (χ3v) is 4.16. The van der Waals surface area contributed by atoms with Crippen LogP contribution in [0.3, 0.4) is 0 Å². The lowest BCUT2D eigenvalue weighted by molar-refractivity contribution is 0.528. The molecule has 0 spiro atoms. The average Bonchev–Trinajstić information content (AvgIpc) is 3.06. The second kappa shape index (κ2) is 5.87. The molecule has 2 aromatic heterocycles. The SMILES string of the molecule is Cc1nnc(SCc2nnc(-c3cccc(Cl)c3)o2)n1C. The highest BCUT2D eigenvalue weighted by atomic mass is 35.5. The zero-order valence-corrected chi connectivity index (χ0v) is 13.0. The molecule has 0 radical (unpaired) electrons. The van der Waals surface area contributed by atoms with Gasteiger partial charge in [0.25, 0.3) is 0 Å². The maximum Gasteiger partial charge on any atom is 0.247 e. The van der Waals surface area contributed by atoms with Crippen LogP contribution < -0.4 is 0 Å². The molecule has 8 heteroatoms. The highest BCUT2D eigenvalue weighted by Gasteiger charge is 2.11. The smallest absolute Gasteiger partial charge is 0.247 e. The molecule has 0 fully saturated rings. The summed E-state index contributed by atoms with van der Waals surface area (Å²) in [6.45, 7) is 1.90. The van der Waals surface area contributed by atoms with Gasteiger partial charge in [-0.15, -0.1) is 20.4 Å². The van der Waals surface area contributed by atoms with Gasteiger partial charge in [0, 0.05) is 17.6 Å². The molecule has 0 unspecified atom stereocenters. The van der Waals surface area contributed by atoms with Crippen molar-refractivity contribution in [3.05, 3.63) is 41.0 Å². The first-order valence-electron chi connectivity index (χ1n) is 6.20. The van der Waals surface area contributed by atoms with Gasteiger partial charge in [0.05, 0.1) is 5.75 Å². The van der Waals surface area contributed by atoms with E-state index in [1.54, 1.807) is 12.1 Å². The maximum atomic E-state index is 5.95. The maximum absolute atomic E-state index is 5.95. The van der Waals surface area contributed by atoms with Crippen LogP contribution in [0.25, 0.3) is 11.5 Å². The third kappa shape index (κ3) is 3.08. The van der Waals surface area contributed by atoms with Crippen molar-refractivity contribution in [3.63, 3.8) is 0 Å². The van der Waals surface area contributed by atoms with Gasteiger partial charge in [0.2, 0.25) is 11.8 Å². The normalized spacial score (nSPS) is 11.0. The standard InChI is InChI=1S/C13H12ClN5OS/c1-8-15-18-13(19(8)2)21-7-11-16-17-12(20-11)9-4-3-5-10(14)6-9/h3-6H,7H2,1-2H3. The Kier molecular flexibility index (Phi) is 3.94. The number of nitrogens with zero attached hydrogens (tertiary/aromatic N) is 5. The fourth-order valence-electron chi connectivity index (χ4n) is 1.69. The molecule has 21 heavy (non-hydrogen) atoms. The monoisotopic (exact) mass is 321 g/mol. The Hall–Kier alpha value is -1.86. The van der Waals surface area contributed by atoms with Gasteiger partial charge >= 0.3 is 0 Å². The summed E-state index contributed by atoms with van der Waals surface area (Å²) in [6.07, 6.45) is 0. The molecule has 108 valence electrons. The fraction of sp³-hybridized carbons (Fsp3) is 0.231. The van der Waals surface area contributed by atoms with Gasteiger partial charge in [-0.25, -0.2) is 0 Å². The molecule has 0 amide bonds. The van der Waals surface area contributed by atoms with Crippen LogP contribution in [0, 0.1) is 6.92 Å². The summed E-state index contributed by atoms with van der Waals surface area (Å²) in [5.74, 6) is 2.40. The van der Waals surface area contributed by atoms with Crippen LogP contribution in [-0.2, 0) is 12.8 Å². The van der Waals surface area contributed by atoms with Crippen LogP contribution in [0.1, 0.15) is 11.7 Å². The quantitative estimate of drug-likeness (QED) is 0.688. The first-order chi connectivity index (χ1) is 10.1. The lowest BCUT2D eigenvalue weighted by atomic mass is 10.2. The lowest BCUT2D eigenvalue weighted by Crippen LogP contribution is -1.93. The predicted molar refractivity (Wildman–Crippen MR) is 80.0 cm³/mol. The van der Waals surface area contributed by atoms with E-state index in [9.17, 15) is 0 Å². The molecule has 0 saturated carbocycles. The van der Waals surface area contributed by atoms with Crippen LogP contribution in [0.2, 0.25) is 5.02 Å². The van der Waals surface area contributed by atoms with E-state index in [0.29, 0.717) is 22.6 Å². The Bertz CT molecular complexity index is 770. The molecule has 1 aromatic carbocycles. The highest BCUT2D eigenvalue weighted by molar-refractivity contribution is 7.98. The van der Waals surface area contributed by atoms with E-state index in [2.05, 4.69) is 20.4 Å². The summed E-state index contributed by atoms with van der Waals surface area (Å²) in [5.41, 5.74) is 0.806. The van der Waals surface area contributed by atoms with Crippen molar-refractivity contribution in [1.82, 2.24) is 25.0 Å². The highest BCUT2D eigenvalue weighted by Crippen LogP contribution is 2.24. The number of rotatable bonds is 4. The second-order valence-corrected chi connectivity index (χ2v) is 5.77. The minimum absolute atomic E-state index is 0.460. The second-order valence-electron chi connectivity index (χ2n) is 4.39. The lowest BCUT2D eigenvalue weighted by Gasteiger charge is -1.98. The molecular formula is C13H12ClN5OS. The molecule has 3 rings (SSSR count). The number of hydrogen-bond acceptors (Lipinski definition) is 6. The first kappa shape index (κ1) is 14.1. The minimum Gasteiger partial charge on any atom is -0.420 e. The number of benzene rings is 1. The molecule has 2 heterocycles. The molecule has 3 aromatic rings. The average molecular weight is 322 g/mol. The fourth-order valence-corrected chi connectivity index (χ4v) is 2.67. The van der Waals surface area contributed by atoms with Gasteiger partial charge in [-0.05, 0) is 25.1 Å². The van der Waals surface area contributed by atoms with Crippen LogP contribution in [-0.4, -0.2) is 25.0 Å². The molecule has 0 N–H and O–H groups in total. The molecule has 0 aliphatic heterocycles. The van der Waals surface area contributed by atoms with Crippen molar-refractivity contribution in [3.8, 4) is 11.5 Å².